The number of hydrogen-bond acceptors (Lipinski definition) is 7. The monoisotopic (exact) mass is 570 g/mol. The van der Waals surface area contributed by atoms with E-state index >= 15 is 0 Å². The second-order valence-electron chi connectivity index (χ2n) is 14.9. The number of carbonyl (C=O) groups is 4. The maximum atomic E-state index is 13.4. The highest BCUT2D eigenvalue weighted by atomic mass is 16.6. The van der Waals surface area contributed by atoms with Crippen molar-refractivity contribution in [2.45, 2.75) is 112 Å². The minimum atomic E-state index is -0.997. The Kier molecular flexibility index (Phi) is 7.26. The summed E-state index contributed by atoms with van der Waals surface area (Å²) in [6, 6.07) is 0. The number of aliphatic carboxylic acids is 1. The fourth-order valence-corrected chi connectivity index (χ4v) is 11.0. The minimum Gasteiger partial charge on any atom is -0.481 e. The Labute approximate surface area is 243 Å². The summed E-state index contributed by atoms with van der Waals surface area (Å²) in [5.41, 5.74) is 1.11. The van der Waals surface area contributed by atoms with E-state index in [1.807, 2.05) is 0 Å². The quantitative estimate of drug-likeness (QED) is 0.251. The number of esters is 3. The van der Waals surface area contributed by atoms with E-state index in [-0.39, 0.29) is 65.1 Å². The van der Waals surface area contributed by atoms with Crippen molar-refractivity contribution in [1.29, 1.82) is 0 Å². The predicted octanol–water partition coefficient (Wildman–Crippen LogP) is 5.78. The van der Waals surface area contributed by atoms with Gasteiger partial charge in [-0.3, -0.25) is 9.59 Å². The fraction of sp³-hybridized carbons (Fsp3) is 0.758. The van der Waals surface area contributed by atoms with Crippen molar-refractivity contribution in [2.24, 2.45) is 39.4 Å². The maximum absolute atomic E-state index is 13.4. The smallest absolute Gasteiger partial charge is 0.334 e. The van der Waals surface area contributed by atoms with Gasteiger partial charge in [0.1, 0.15) is 18.8 Å². The van der Waals surface area contributed by atoms with Crippen LogP contribution in [0.1, 0.15) is 99.8 Å². The van der Waals surface area contributed by atoms with E-state index in [9.17, 15) is 24.3 Å². The molecule has 1 aliphatic heterocycles. The molecule has 0 unspecified atom stereocenters. The average molecular weight is 571 g/mol. The normalized spacial score (nSPS) is 41.3. The lowest BCUT2D eigenvalue weighted by atomic mass is 9.34. The van der Waals surface area contributed by atoms with Gasteiger partial charge in [0.05, 0.1) is 6.42 Å². The number of hydrogen-bond donors (Lipinski definition) is 1. The Balaban J connectivity index is 1.65. The van der Waals surface area contributed by atoms with Crippen molar-refractivity contribution in [3.8, 4) is 0 Å². The van der Waals surface area contributed by atoms with Crippen LogP contribution in [0.4, 0.5) is 0 Å². The third-order valence-corrected chi connectivity index (χ3v) is 11.8. The Morgan fingerprint density at radius 2 is 1.66 bits per heavy atom. The van der Waals surface area contributed by atoms with Crippen LogP contribution in [0.2, 0.25) is 0 Å². The van der Waals surface area contributed by atoms with Crippen LogP contribution in [-0.4, -0.2) is 47.8 Å². The molecule has 41 heavy (non-hydrogen) atoms. The zero-order valence-electron chi connectivity index (χ0n) is 25.6. The summed E-state index contributed by atoms with van der Waals surface area (Å²) in [5, 5.41) is 9.20. The van der Waals surface area contributed by atoms with Gasteiger partial charge >= 0.3 is 23.9 Å². The topological polar surface area (TPSA) is 116 Å². The highest BCUT2D eigenvalue weighted by Crippen LogP contribution is 2.74. The Morgan fingerprint density at radius 1 is 0.976 bits per heavy atom. The van der Waals surface area contributed by atoms with Gasteiger partial charge in [-0.2, -0.15) is 0 Å². The second-order valence-corrected chi connectivity index (χ2v) is 14.9. The summed E-state index contributed by atoms with van der Waals surface area (Å²) in [6.45, 7) is 14.8. The number of carboxylic acids is 1. The van der Waals surface area contributed by atoms with Gasteiger partial charge in [-0.1, -0.05) is 46.6 Å². The van der Waals surface area contributed by atoms with Gasteiger partial charge in [-0.15, -0.1) is 0 Å². The molecule has 4 aliphatic carbocycles. The minimum absolute atomic E-state index is 0.00163. The maximum Gasteiger partial charge on any atom is 0.334 e. The lowest BCUT2D eigenvalue weighted by molar-refractivity contribution is -0.264. The standard InChI is InChI=1S/C33H46O8/c1-18(13-25(35)36)14-26(37)41-23-15-32(6)21-17-39-29(38)20(21)9-10-24(32)33(7)16-22(40-19(2)34)27-30(3,4)11-8-12-31(27,5)28(23)33/h14,22-24,27-28H,8-13,15-17H2,1-7H3,(H,35,36)/t22-,23+,24+,27-,28+,31-,32+,33-/m0/s1. The second kappa shape index (κ2) is 9.98. The molecule has 1 heterocycles. The van der Waals surface area contributed by atoms with Crippen molar-refractivity contribution in [3.63, 3.8) is 0 Å². The first-order chi connectivity index (χ1) is 19.0. The van der Waals surface area contributed by atoms with E-state index < -0.39 is 23.5 Å². The summed E-state index contributed by atoms with van der Waals surface area (Å²) in [6.07, 6.45) is 6.12. The van der Waals surface area contributed by atoms with E-state index in [2.05, 4.69) is 34.6 Å². The van der Waals surface area contributed by atoms with Crippen LogP contribution in [0, 0.1) is 39.4 Å². The molecular formula is C33H46O8. The van der Waals surface area contributed by atoms with Crippen molar-refractivity contribution in [3.05, 3.63) is 22.8 Å². The van der Waals surface area contributed by atoms with Gasteiger partial charge in [0.2, 0.25) is 0 Å². The first kappa shape index (κ1) is 29.8. The number of rotatable bonds is 5. The van der Waals surface area contributed by atoms with Crippen molar-refractivity contribution in [1.82, 2.24) is 0 Å². The summed E-state index contributed by atoms with van der Waals surface area (Å²) in [5.74, 6) is -1.76. The molecule has 0 saturated heterocycles. The van der Waals surface area contributed by atoms with Gasteiger partial charge in [0.25, 0.3) is 0 Å². The lowest BCUT2D eigenvalue weighted by Crippen LogP contribution is -2.69. The third-order valence-electron chi connectivity index (χ3n) is 11.8. The molecule has 8 heteroatoms. The Hall–Kier alpha value is -2.64. The molecule has 0 bridgehead atoms. The zero-order valence-corrected chi connectivity index (χ0v) is 25.6. The number of fused-ring (bicyclic) bond motifs is 6. The highest BCUT2D eigenvalue weighted by Gasteiger charge is 2.71. The molecule has 8 atom stereocenters. The number of carboxylic acid groups (broad SMARTS) is 1. The molecule has 0 spiro atoms. The third kappa shape index (κ3) is 4.73. The first-order valence-corrected chi connectivity index (χ1v) is 15.2. The predicted molar refractivity (Wildman–Crippen MR) is 150 cm³/mol. The molecule has 0 aromatic carbocycles. The van der Waals surface area contributed by atoms with Gasteiger partial charge < -0.3 is 19.3 Å². The van der Waals surface area contributed by atoms with E-state index in [1.165, 1.54) is 13.0 Å². The van der Waals surface area contributed by atoms with Crippen LogP contribution in [-0.2, 0) is 33.4 Å². The van der Waals surface area contributed by atoms with Crippen LogP contribution in [0.15, 0.2) is 22.8 Å². The molecule has 226 valence electrons. The molecule has 5 rings (SSSR count). The van der Waals surface area contributed by atoms with Crippen LogP contribution >= 0.6 is 0 Å². The molecule has 3 saturated carbocycles. The Morgan fingerprint density at radius 3 is 2.32 bits per heavy atom. The average Bonchev–Trinajstić information content (AvgIpc) is 3.18. The first-order valence-electron chi connectivity index (χ1n) is 15.2. The molecule has 0 radical (unpaired) electrons. The van der Waals surface area contributed by atoms with E-state index in [4.69, 9.17) is 14.2 Å². The van der Waals surface area contributed by atoms with Gasteiger partial charge in [-0.05, 0) is 78.6 Å². The van der Waals surface area contributed by atoms with Crippen molar-refractivity contribution < 1.29 is 38.5 Å². The summed E-state index contributed by atoms with van der Waals surface area (Å²) < 4.78 is 18.1. The molecule has 3 fully saturated rings. The van der Waals surface area contributed by atoms with Gasteiger partial charge in [-0.25, -0.2) is 9.59 Å². The SMILES string of the molecule is CC(=O)O[C@H]1C[C@]2(C)[C@H]([C@H](OC(=O)C=C(C)CC(=O)O)C[C@]3(C)C4=C(CC[C@@H]23)C(=O)OC4)[C@@]2(C)CCCC(C)(C)[C@H]12. The summed E-state index contributed by atoms with van der Waals surface area (Å²) >= 11 is 0. The molecule has 8 nitrogen and oxygen atoms in total. The summed E-state index contributed by atoms with van der Waals surface area (Å²) in [4.78, 5) is 49.8. The van der Waals surface area contributed by atoms with Crippen LogP contribution in [0.25, 0.3) is 0 Å². The Bertz CT molecular complexity index is 1230. The molecule has 0 amide bonds. The molecule has 5 aliphatic rings. The number of cyclic esters (lactones) is 1. The molecule has 0 aromatic heterocycles. The molecule has 0 aromatic rings. The number of carbonyl (C=O) groups excluding carboxylic acids is 3. The van der Waals surface area contributed by atoms with Crippen LogP contribution in [0.3, 0.4) is 0 Å². The van der Waals surface area contributed by atoms with E-state index in [0.717, 1.165) is 36.8 Å². The molecule has 1 N–H and O–H groups in total. The fourth-order valence-electron chi connectivity index (χ4n) is 11.0. The van der Waals surface area contributed by atoms with Crippen LogP contribution < -0.4 is 0 Å². The lowest BCUT2D eigenvalue weighted by Gasteiger charge is -2.71. The van der Waals surface area contributed by atoms with Gasteiger partial charge in [0, 0.05) is 30.4 Å². The van der Waals surface area contributed by atoms with Crippen molar-refractivity contribution in [2.75, 3.05) is 6.61 Å². The van der Waals surface area contributed by atoms with Gasteiger partial charge in [0.15, 0.2) is 0 Å². The molecular weight excluding hydrogens is 524 g/mol. The van der Waals surface area contributed by atoms with Crippen molar-refractivity contribution >= 4 is 23.9 Å². The summed E-state index contributed by atoms with van der Waals surface area (Å²) in [7, 11) is 0. The van der Waals surface area contributed by atoms with Crippen LogP contribution in [0.5, 0.6) is 0 Å². The van der Waals surface area contributed by atoms with E-state index in [0.29, 0.717) is 24.8 Å². The number of ether oxygens (including phenoxy) is 3. The zero-order chi connectivity index (χ0) is 30.1. The van der Waals surface area contributed by atoms with E-state index in [1.54, 1.807) is 6.92 Å². The largest absolute Gasteiger partial charge is 0.481 e. The highest BCUT2D eigenvalue weighted by molar-refractivity contribution is 5.92.